The van der Waals surface area contributed by atoms with E-state index in [2.05, 4.69) is 40.6 Å². The van der Waals surface area contributed by atoms with Crippen LogP contribution in [0.25, 0.3) is 0 Å². The van der Waals surface area contributed by atoms with E-state index in [1.165, 1.54) is 7.11 Å². The Kier molecular flexibility index (Phi) is 4.28. The summed E-state index contributed by atoms with van der Waals surface area (Å²) in [7, 11) is 1.51. The molecule has 6 nitrogen and oxygen atoms in total. The van der Waals surface area contributed by atoms with Crippen LogP contribution in [0.1, 0.15) is 27.2 Å². The maximum Gasteiger partial charge on any atom is 0.322 e. The molecule has 0 aliphatic heterocycles. The van der Waals surface area contributed by atoms with E-state index in [4.69, 9.17) is 10.5 Å². The average Bonchev–Trinajstić information content (AvgIpc) is 2.24. The third kappa shape index (κ3) is 2.95. The molecule has 0 aliphatic carbocycles. The zero-order valence-corrected chi connectivity index (χ0v) is 10.3. The molecule has 0 saturated carbocycles. The van der Waals surface area contributed by atoms with Crippen molar-refractivity contribution in [2.24, 2.45) is 0 Å². The molecule has 6 heteroatoms. The molecular weight excluding hydrogens is 206 g/mol. The van der Waals surface area contributed by atoms with Gasteiger partial charge in [0, 0.05) is 12.6 Å². The zero-order valence-electron chi connectivity index (χ0n) is 10.3. The molecule has 0 fully saturated rings. The number of methoxy groups -OCH3 is 1. The predicted octanol–water partition coefficient (Wildman–Crippen LogP) is 1.09. The van der Waals surface area contributed by atoms with Crippen LogP contribution in [-0.4, -0.2) is 34.6 Å². The van der Waals surface area contributed by atoms with Crippen LogP contribution in [0, 0.1) is 0 Å². The Labute approximate surface area is 95.9 Å². The van der Waals surface area contributed by atoms with E-state index < -0.39 is 0 Å². The largest absolute Gasteiger partial charge is 0.467 e. The standard InChI is InChI=1S/C10H19N5O/c1-5-6-15(7(2)3)9-12-8(11)13-10(14-9)16-4/h7H,5-6H2,1-4H3,(H2,11,12,13,14). The fraction of sp³-hybridized carbons (Fsp3) is 0.700. The van der Waals surface area contributed by atoms with Crippen molar-refractivity contribution in [1.82, 2.24) is 15.0 Å². The van der Waals surface area contributed by atoms with Crippen molar-refractivity contribution < 1.29 is 4.74 Å². The molecule has 0 saturated heterocycles. The average molecular weight is 225 g/mol. The van der Waals surface area contributed by atoms with Gasteiger partial charge in [0.05, 0.1) is 7.11 Å². The Hall–Kier alpha value is -1.59. The van der Waals surface area contributed by atoms with Crippen molar-refractivity contribution in [2.45, 2.75) is 33.2 Å². The third-order valence-electron chi connectivity index (χ3n) is 2.15. The van der Waals surface area contributed by atoms with Gasteiger partial charge in [-0.2, -0.15) is 15.0 Å². The molecule has 0 amide bonds. The topological polar surface area (TPSA) is 77.2 Å². The van der Waals surface area contributed by atoms with Gasteiger partial charge in [0.2, 0.25) is 11.9 Å². The Balaban J connectivity index is 3.03. The van der Waals surface area contributed by atoms with Crippen LogP contribution in [0.5, 0.6) is 6.01 Å². The van der Waals surface area contributed by atoms with Crippen molar-refractivity contribution in [2.75, 3.05) is 24.3 Å². The van der Waals surface area contributed by atoms with E-state index >= 15 is 0 Å². The number of aromatic nitrogens is 3. The van der Waals surface area contributed by atoms with Crippen LogP contribution in [0.4, 0.5) is 11.9 Å². The van der Waals surface area contributed by atoms with Gasteiger partial charge < -0.3 is 15.4 Å². The molecule has 0 aliphatic rings. The van der Waals surface area contributed by atoms with Crippen molar-refractivity contribution in [3.63, 3.8) is 0 Å². The van der Waals surface area contributed by atoms with Crippen LogP contribution < -0.4 is 15.4 Å². The molecule has 16 heavy (non-hydrogen) atoms. The maximum absolute atomic E-state index is 5.60. The van der Waals surface area contributed by atoms with E-state index in [0.29, 0.717) is 12.0 Å². The van der Waals surface area contributed by atoms with E-state index in [1.807, 2.05) is 0 Å². The highest BCUT2D eigenvalue weighted by atomic mass is 16.5. The molecule has 0 spiro atoms. The van der Waals surface area contributed by atoms with Gasteiger partial charge in [-0.1, -0.05) is 6.92 Å². The number of anilines is 2. The molecule has 0 unspecified atom stereocenters. The quantitative estimate of drug-likeness (QED) is 0.808. The Bertz CT molecular complexity index is 342. The highest BCUT2D eigenvalue weighted by Crippen LogP contribution is 2.15. The fourth-order valence-corrected chi connectivity index (χ4v) is 1.41. The Morgan fingerprint density at radius 1 is 1.31 bits per heavy atom. The van der Waals surface area contributed by atoms with Crippen LogP contribution in [0.15, 0.2) is 0 Å². The molecule has 0 aromatic carbocycles. The lowest BCUT2D eigenvalue weighted by Crippen LogP contribution is -2.33. The van der Waals surface area contributed by atoms with Gasteiger partial charge in [-0.25, -0.2) is 0 Å². The van der Waals surface area contributed by atoms with Gasteiger partial charge in [-0.15, -0.1) is 0 Å². The molecule has 0 bridgehead atoms. The first-order valence-corrected chi connectivity index (χ1v) is 5.40. The van der Waals surface area contributed by atoms with E-state index in [9.17, 15) is 0 Å². The van der Waals surface area contributed by atoms with Crippen molar-refractivity contribution in [1.29, 1.82) is 0 Å². The minimum Gasteiger partial charge on any atom is -0.467 e. The van der Waals surface area contributed by atoms with Crippen LogP contribution in [0.2, 0.25) is 0 Å². The van der Waals surface area contributed by atoms with Gasteiger partial charge in [0.25, 0.3) is 0 Å². The Morgan fingerprint density at radius 3 is 2.50 bits per heavy atom. The van der Waals surface area contributed by atoms with Gasteiger partial charge in [-0.05, 0) is 20.3 Å². The molecule has 1 heterocycles. The first kappa shape index (κ1) is 12.5. The summed E-state index contributed by atoms with van der Waals surface area (Å²) in [4.78, 5) is 14.2. The fourth-order valence-electron chi connectivity index (χ4n) is 1.41. The summed E-state index contributed by atoms with van der Waals surface area (Å²) in [5.74, 6) is 0.754. The lowest BCUT2D eigenvalue weighted by Gasteiger charge is -2.26. The van der Waals surface area contributed by atoms with E-state index in [1.54, 1.807) is 0 Å². The van der Waals surface area contributed by atoms with Crippen molar-refractivity contribution in [3.8, 4) is 6.01 Å². The molecular formula is C10H19N5O. The highest BCUT2D eigenvalue weighted by molar-refractivity contribution is 5.36. The first-order chi connectivity index (χ1) is 7.58. The molecule has 90 valence electrons. The summed E-state index contributed by atoms with van der Waals surface area (Å²) >= 11 is 0. The summed E-state index contributed by atoms with van der Waals surface area (Å²) in [6, 6.07) is 0.565. The van der Waals surface area contributed by atoms with Gasteiger partial charge in [0.1, 0.15) is 0 Å². The summed E-state index contributed by atoms with van der Waals surface area (Å²) in [5.41, 5.74) is 5.60. The SMILES string of the molecule is CCCN(c1nc(N)nc(OC)n1)C(C)C. The van der Waals surface area contributed by atoms with Gasteiger partial charge in [0.15, 0.2) is 0 Å². The summed E-state index contributed by atoms with van der Waals surface area (Å²) < 4.78 is 4.97. The van der Waals surface area contributed by atoms with Crippen molar-refractivity contribution in [3.05, 3.63) is 0 Å². The molecule has 1 aromatic heterocycles. The highest BCUT2D eigenvalue weighted by Gasteiger charge is 2.14. The lowest BCUT2D eigenvalue weighted by molar-refractivity contribution is 0.378. The minimum absolute atomic E-state index is 0.184. The second-order valence-electron chi connectivity index (χ2n) is 3.77. The molecule has 2 N–H and O–H groups in total. The summed E-state index contributed by atoms with van der Waals surface area (Å²) in [5, 5.41) is 0. The zero-order chi connectivity index (χ0) is 12.1. The summed E-state index contributed by atoms with van der Waals surface area (Å²) in [6.07, 6.45) is 1.02. The number of nitrogens with two attached hydrogens (primary N) is 1. The smallest absolute Gasteiger partial charge is 0.322 e. The minimum atomic E-state index is 0.184. The normalized spacial score (nSPS) is 10.6. The Morgan fingerprint density at radius 2 is 2.00 bits per heavy atom. The molecule has 0 atom stereocenters. The molecule has 1 aromatic rings. The van der Waals surface area contributed by atoms with Gasteiger partial charge in [-0.3, -0.25) is 0 Å². The van der Waals surface area contributed by atoms with Crippen LogP contribution in [-0.2, 0) is 0 Å². The third-order valence-corrected chi connectivity index (χ3v) is 2.15. The molecule has 1 rings (SSSR count). The number of hydrogen-bond donors (Lipinski definition) is 1. The number of ether oxygens (including phenoxy) is 1. The first-order valence-electron chi connectivity index (χ1n) is 5.40. The second kappa shape index (κ2) is 5.48. The number of nitrogens with zero attached hydrogens (tertiary/aromatic N) is 4. The monoisotopic (exact) mass is 225 g/mol. The number of rotatable bonds is 5. The molecule has 0 radical (unpaired) electrons. The summed E-state index contributed by atoms with van der Waals surface area (Å²) in [6.45, 7) is 7.16. The van der Waals surface area contributed by atoms with E-state index in [-0.39, 0.29) is 12.0 Å². The second-order valence-corrected chi connectivity index (χ2v) is 3.77. The van der Waals surface area contributed by atoms with Crippen LogP contribution in [0.3, 0.4) is 0 Å². The van der Waals surface area contributed by atoms with Crippen molar-refractivity contribution >= 4 is 11.9 Å². The van der Waals surface area contributed by atoms with Gasteiger partial charge >= 0.3 is 6.01 Å². The van der Waals surface area contributed by atoms with Crippen LogP contribution >= 0.6 is 0 Å². The number of nitrogen functional groups attached to an aromatic ring is 1. The lowest BCUT2D eigenvalue weighted by atomic mass is 10.3. The number of hydrogen-bond acceptors (Lipinski definition) is 6. The van der Waals surface area contributed by atoms with E-state index in [0.717, 1.165) is 13.0 Å². The maximum atomic E-state index is 5.60. The predicted molar refractivity (Wildman–Crippen MR) is 63.6 cm³/mol.